The third-order valence-electron chi connectivity index (χ3n) is 4.40. The summed E-state index contributed by atoms with van der Waals surface area (Å²) in [5.41, 5.74) is -0.583. The highest BCUT2D eigenvalue weighted by molar-refractivity contribution is 5.95. The minimum Gasteiger partial charge on any atom is -0.463 e. The van der Waals surface area contributed by atoms with Crippen LogP contribution in [0.4, 0.5) is 5.82 Å². The van der Waals surface area contributed by atoms with Crippen molar-refractivity contribution in [2.75, 3.05) is 11.9 Å². The average Bonchev–Trinajstić information content (AvgIpc) is 3.16. The molecule has 0 radical (unpaired) electrons. The monoisotopic (exact) mass is 451 g/mol. The van der Waals surface area contributed by atoms with E-state index in [0.717, 1.165) is 24.7 Å². The molecule has 2 aromatic heterocycles. The average molecular weight is 451 g/mol. The molecule has 4 atom stereocenters. The van der Waals surface area contributed by atoms with Gasteiger partial charge in [0.15, 0.2) is 29.9 Å². The number of rotatable bonds is 6. The van der Waals surface area contributed by atoms with Gasteiger partial charge in [-0.2, -0.15) is 0 Å². The summed E-state index contributed by atoms with van der Waals surface area (Å²) in [5.74, 6) is -2.42. The molecular weight excluding hydrogens is 430 g/mol. The van der Waals surface area contributed by atoms with Crippen molar-refractivity contribution < 1.29 is 38.1 Å². The molecule has 172 valence electrons. The van der Waals surface area contributed by atoms with Crippen LogP contribution in [-0.4, -0.2) is 68.3 Å². The second-order valence-electron chi connectivity index (χ2n) is 6.92. The minimum atomic E-state index is -1.30. The molecule has 0 spiro atoms. The molecule has 2 aromatic rings. The van der Waals surface area contributed by atoms with Gasteiger partial charge in [-0.3, -0.25) is 19.2 Å². The summed E-state index contributed by atoms with van der Waals surface area (Å²) >= 11 is 0. The number of amides is 1. The van der Waals surface area contributed by atoms with Crippen molar-refractivity contribution in [3.8, 4) is 0 Å². The normalized spacial score (nSPS) is 22.4. The number of imidazole rings is 1. The number of ether oxygens (including phenoxy) is 4. The third-order valence-corrected chi connectivity index (χ3v) is 4.40. The Labute approximate surface area is 180 Å². The Bertz CT molecular complexity index is 1120. The van der Waals surface area contributed by atoms with E-state index < -0.39 is 54.0 Å². The molecule has 14 heteroatoms. The van der Waals surface area contributed by atoms with E-state index >= 15 is 0 Å². The number of carbonyl (C=O) groups is 4. The zero-order valence-electron chi connectivity index (χ0n) is 17.6. The molecule has 3 rings (SSSR count). The van der Waals surface area contributed by atoms with Crippen LogP contribution >= 0.6 is 0 Å². The fourth-order valence-corrected chi connectivity index (χ4v) is 3.34. The highest BCUT2D eigenvalue weighted by Gasteiger charge is 2.51. The van der Waals surface area contributed by atoms with Crippen molar-refractivity contribution in [2.24, 2.45) is 0 Å². The van der Waals surface area contributed by atoms with Gasteiger partial charge in [0.1, 0.15) is 24.6 Å². The molecule has 1 fully saturated rings. The van der Waals surface area contributed by atoms with Crippen LogP contribution < -0.4 is 11.0 Å². The number of hydrogen-bond donors (Lipinski definition) is 2. The number of H-pyrrole nitrogens is 1. The van der Waals surface area contributed by atoms with Crippen LogP contribution in [0.2, 0.25) is 0 Å². The van der Waals surface area contributed by atoms with E-state index in [0.29, 0.717) is 0 Å². The summed E-state index contributed by atoms with van der Waals surface area (Å²) in [4.78, 5) is 69.5. The zero-order valence-corrected chi connectivity index (χ0v) is 17.6. The molecule has 14 nitrogen and oxygen atoms in total. The first-order valence-electron chi connectivity index (χ1n) is 9.44. The first kappa shape index (κ1) is 22.9. The van der Waals surface area contributed by atoms with Crippen LogP contribution in [0, 0.1) is 0 Å². The lowest BCUT2D eigenvalue weighted by molar-refractivity contribution is -0.166. The van der Waals surface area contributed by atoms with Gasteiger partial charge in [0.05, 0.1) is 0 Å². The highest BCUT2D eigenvalue weighted by atomic mass is 16.7. The lowest BCUT2D eigenvalue weighted by atomic mass is 10.1. The molecule has 3 heterocycles. The Kier molecular flexibility index (Phi) is 6.53. The number of aromatic nitrogens is 4. The quantitative estimate of drug-likeness (QED) is 0.423. The Morgan fingerprint density at radius 3 is 2.31 bits per heavy atom. The maximum absolute atomic E-state index is 12.8. The van der Waals surface area contributed by atoms with Crippen molar-refractivity contribution in [1.29, 1.82) is 0 Å². The largest absolute Gasteiger partial charge is 0.463 e. The summed E-state index contributed by atoms with van der Waals surface area (Å²) in [5, 5.41) is 2.47. The van der Waals surface area contributed by atoms with Crippen LogP contribution in [0.15, 0.2) is 11.1 Å². The molecule has 0 saturated carbocycles. The molecule has 1 saturated heterocycles. The van der Waals surface area contributed by atoms with Gasteiger partial charge in [-0.05, 0) is 0 Å². The Morgan fingerprint density at radius 1 is 1.06 bits per heavy atom. The Balaban J connectivity index is 2.10. The fourth-order valence-electron chi connectivity index (χ4n) is 3.34. The second-order valence-corrected chi connectivity index (χ2v) is 6.92. The van der Waals surface area contributed by atoms with Crippen molar-refractivity contribution in [1.82, 2.24) is 19.5 Å². The van der Waals surface area contributed by atoms with Crippen LogP contribution in [-0.2, 0) is 38.1 Å². The van der Waals surface area contributed by atoms with Gasteiger partial charge in [-0.15, -0.1) is 0 Å². The third kappa shape index (κ3) is 4.74. The molecule has 0 aromatic carbocycles. The minimum absolute atomic E-state index is 0.0330. The Morgan fingerprint density at radius 2 is 1.72 bits per heavy atom. The van der Waals surface area contributed by atoms with E-state index in [4.69, 9.17) is 18.9 Å². The van der Waals surface area contributed by atoms with Gasteiger partial charge in [0, 0.05) is 27.7 Å². The van der Waals surface area contributed by atoms with E-state index in [2.05, 4.69) is 20.3 Å². The predicted molar refractivity (Wildman–Crippen MR) is 104 cm³/mol. The van der Waals surface area contributed by atoms with Gasteiger partial charge in [-0.25, -0.2) is 19.3 Å². The second kappa shape index (κ2) is 9.13. The molecule has 32 heavy (non-hydrogen) atoms. The first-order chi connectivity index (χ1) is 15.1. The van der Waals surface area contributed by atoms with Crippen molar-refractivity contribution in [3.63, 3.8) is 0 Å². The maximum Gasteiger partial charge on any atom is 0.330 e. The number of nitrogens with zero attached hydrogens (tertiary/aromatic N) is 3. The fraction of sp³-hybridized carbons (Fsp3) is 0.500. The van der Waals surface area contributed by atoms with E-state index in [1.165, 1.54) is 13.8 Å². The Hall–Kier alpha value is -3.81. The molecular formula is C18H21N5O9. The predicted octanol–water partition coefficient (Wildman–Crippen LogP) is -0.598. The summed E-state index contributed by atoms with van der Waals surface area (Å²) in [6, 6.07) is 0. The topological polar surface area (TPSA) is 181 Å². The van der Waals surface area contributed by atoms with E-state index in [-0.39, 0.29) is 23.6 Å². The molecule has 1 amide bonds. The lowest BCUT2D eigenvalue weighted by Crippen LogP contribution is -2.41. The van der Waals surface area contributed by atoms with Gasteiger partial charge in [0.25, 0.3) is 0 Å². The van der Waals surface area contributed by atoms with Gasteiger partial charge < -0.3 is 29.2 Å². The van der Waals surface area contributed by atoms with Crippen molar-refractivity contribution in [2.45, 2.75) is 52.2 Å². The number of fused-ring (bicyclic) bond motifs is 1. The SMILES string of the molecule is CC(=O)Nc1ncnc2c1[nH]c(=O)n2[C@@H]1O[C@H](COC(C)=O)[C@@H](OC(C)=O)[C@H]1OC(C)=O. The van der Waals surface area contributed by atoms with Crippen LogP contribution in [0.5, 0.6) is 0 Å². The molecule has 1 aliphatic rings. The van der Waals surface area contributed by atoms with E-state index in [1.54, 1.807) is 0 Å². The number of esters is 3. The number of hydrogen-bond acceptors (Lipinski definition) is 11. The number of nitrogens with one attached hydrogen (secondary N) is 2. The van der Waals surface area contributed by atoms with Crippen LogP contribution in [0.3, 0.4) is 0 Å². The molecule has 1 aliphatic heterocycles. The summed E-state index contributed by atoms with van der Waals surface area (Å²) in [7, 11) is 0. The van der Waals surface area contributed by atoms with E-state index in [1.807, 2.05) is 0 Å². The highest BCUT2D eigenvalue weighted by Crippen LogP contribution is 2.35. The van der Waals surface area contributed by atoms with Gasteiger partial charge in [-0.1, -0.05) is 0 Å². The number of carbonyl (C=O) groups excluding carboxylic acids is 4. The summed E-state index contributed by atoms with van der Waals surface area (Å²) in [6.45, 7) is 4.40. The number of aromatic amines is 1. The number of anilines is 1. The standard InChI is InChI=1S/C18H21N5O9/c1-7(24)21-15-12-16(20-6-19-15)23(18(28)22-12)17-14(31-10(4)27)13(30-9(3)26)11(32-17)5-29-8(2)25/h6,11,13-14,17H,5H2,1-4H3,(H,22,28)(H,19,20,21,24)/t11-,13-,14-,17-/m1/s1. The summed E-state index contributed by atoms with van der Waals surface area (Å²) in [6.07, 6.45) is -3.69. The molecule has 0 unspecified atom stereocenters. The molecule has 2 N–H and O–H groups in total. The maximum atomic E-state index is 12.8. The summed E-state index contributed by atoms with van der Waals surface area (Å²) < 4.78 is 22.5. The van der Waals surface area contributed by atoms with E-state index in [9.17, 15) is 24.0 Å². The van der Waals surface area contributed by atoms with Gasteiger partial charge in [0.2, 0.25) is 5.91 Å². The van der Waals surface area contributed by atoms with Gasteiger partial charge >= 0.3 is 23.6 Å². The lowest BCUT2D eigenvalue weighted by Gasteiger charge is -2.23. The molecule has 0 aliphatic carbocycles. The molecule has 0 bridgehead atoms. The van der Waals surface area contributed by atoms with Crippen LogP contribution in [0.25, 0.3) is 11.2 Å². The smallest absolute Gasteiger partial charge is 0.330 e. The van der Waals surface area contributed by atoms with Crippen molar-refractivity contribution in [3.05, 3.63) is 16.8 Å². The zero-order chi connectivity index (χ0) is 23.6. The van der Waals surface area contributed by atoms with Crippen LogP contribution in [0.1, 0.15) is 33.9 Å². The van der Waals surface area contributed by atoms with Crippen molar-refractivity contribution >= 4 is 40.8 Å². The first-order valence-corrected chi connectivity index (χ1v) is 9.44.